The van der Waals surface area contributed by atoms with Gasteiger partial charge in [-0.3, -0.25) is 0 Å². The molecule has 0 aliphatic heterocycles. The van der Waals surface area contributed by atoms with Crippen LogP contribution in [0.5, 0.6) is 0 Å². The molecule has 0 aliphatic rings. The third kappa shape index (κ3) is 7.66. The van der Waals surface area contributed by atoms with Crippen LogP contribution < -0.4 is 10.6 Å². The minimum atomic E-state index is -0.162. The molecule has 0 fully saturated rings. The number of halogens is 2. The Labute approximate surface area is 176 Å². The molecule has 0 bridgehead atoms. The number of carbonyl (C=O) groups is 2. The average Bonchev–Trinajstić information content (AvgIpc) is 2.61. The maximum atomic E-state index is 11.3. The van der Waals surface area contributed by atoms with E-state index in [1.165, 1.54) is 9.80 Å². The summed E-state index contributed by atoms with van der Waals surface area (Å²) in [6, 6.07) is 10.5. The van der Waals surface area contributed by atoms with Gasteiger partial charge in [-0.15, -0.1) is 0 Å². The Morgan fingerprint density at radius 1 is 0.714 bits per heavy atom. The van der Waals surface area contributed by atoms with Crippen LogP contribution in [0.15, 0.2) is 36.4 Å². The standard InChI is InChI=1S/2C10H13ClN2O/c2*1-7-4-5-8(6-9(7)11)12-10(14)13(2)3/h2*4-6H,1-3H3,(H,12,14). The van der Waals surface area contributed by atoms with Crippen LogP contribution in [0.3, 0.4) is 0 Å². The van der Waals surface area contributed by atoms with Gasteiger partial charge in [0, 0.05) is 49.6 Å². The number of carbonyl (C=O) groups excluding carboxylic acids is 2. The Hall–Kier alpha value is -2.44. The van der Waals surface area contributed by atoms with Crippen molar-refractivity contribution in [3.05, 3.63) is 57.6 Å². The zero-order valence-corrected chi connectivity index (χ0v) is 18.4. The number of anilines is 2. The van der Waals surface area contributed by atoms with Gasteiger partial charge in [0.25, 0.3) is 0 Å². The van der Waals surface area contributed by atoms with Crippen LogP contribution in [0.4, 0.5) is 21.0 Å². The molecule has 152 valence electrons. The Balaban J connectivity index is 0.000000280. The molecule has 0 saturated heterocycles. The first-order valence-corrected chi connectivity index (χ1v) is 9.25. The van der Waals surface area contributed by atoms with E-state index in [0.29, 0.717) is 21.4 Å². The fraction of sp³-hybridized carbons (Fsp3) is 0.300. The highest BCUT2D eigenvalue weighted by atomic mass is 35.5. The number of amides is 4. The Bertz CT molecular complexity index is 769. The summed E-state index contributed by atoms with van der Waals surface area (Å²) in [5, 5.41) is 6.73. The number of urea groups is 2. The molecule has 6 nitrogen and oxygen atoms in total. The molecule has 8 heteroatoms. The fourth-order valence-electron chi connectivity index (χ4n) is 1.81. The van der Waals surface area contributed by atoms with Gasteiger partial charge < -0.3 is 20.4 Å². The molecule has 0 unspecified atom stereocenters. The third-order valence-electron chi connectivity index (χ3n) is 3.66. The van der Waals surface area contributed by atoms with Gasteiger partial charge in [0.1, 0.15) is 0 Å². The van der Waals surface area contributed by atoms with Crippen LogP contribution in [0, 0.1) is 13.8 Å². The zero-order valence-electron chi connectivity index (χ0n) is 16.9. The smallest absolute Gasteiger partial charge is 0.321 e. The number of hydrogen-bond donors (Lipinski definition) is 2. The number of nitrogens with zero attached hydrogens (tertiary/aromatic N) is 2. The van der Waals surface area contributed by atoms with E-state index in [1.54, 1.807) is 40.3 Å². The van der Waals surface area contributed by atoms with Crippen LogP contribution in [-0.4, -0.2) is 50.1 Å². The summed E-state index contributed by atoms with van der Waals surface area (Å²) in [6.07, 6.45) is 0. The largest absolute Gasteiger partial charge is 0.331 e. The second-order valence-corrected chi connectivity index (χ2v) is 7.39. The quantitative estimate of drug-likeness (QED) is 0.669. The molecule has 2 N–H and O–H groups in total. The van der Waals surface area contributed by atoms with Crippen molar-refractivity contribution in [3.8, 4) is 0 Å². The summed E-state index contributed by atoms with van der Waals surface area (Å²) >= 11 is 11.8. The minimum Gasteiger partial charge on any atom is -0.331 e. The summed E-state index contributed by atoms with van der Waals surface area (Å²) in [5.74, 6) is 0. The van der Waals surface area contributed by atoms with Crippen molar-refractivity contribution in [2.24, 2.45) is 0 Å². The molecule has 28 heavy (non-hydrogen) atoms. The highest BCUT2D eigenvalue weighted by Gasteiger charge is 2.05. The molecule has 2 aromatic rings. The molecule has 2 rings (SSSR count). The number of aryl methyl sites for hydroxylation is 2. The SMILES string of the molecule is Cc1ccc(NC(=O)N(C)C)cc1Cl.Cc1ccc(NC(=O)N(C)C)cc1Cl. The average molecular weight is 425 g/mol. The predicted octanol–water partition coefficient (Wildman–Crippen LogP) is 5.48. The molecule has 0 aromatic heterocycles. The Morgan fingerprint density at radius 3 is 1.29 bits per heavy atom. The van der Waals surface area contributed by atoms with Crippen LogP contribution in [0.25, 0.3) is 0 Å². The fourth-order valence-corrected chi connectivity index (χ4v) is 2.17. The van der Waals surface area contributed by atoms with Gasteiger partial charge in [-0.05, 0) is 49.2 Å². The van der Waals surface area contributed by atoms with Crippen LogP contribution in [-0.2, 0) is 0 Å². The molecule has 0 atom stereocenters. The van der Waals surface area contributed by atoms with Gasteiger partial charge in [-0.25, -0.2) is 9.59 Å². The summed E-state index contributed by atoms with van der Waals surface area (Å²) in [6.45, 7) is 3.83. The van der Waals surface area contributed by atoms with Crippen LogP contribution in [0.1, 0.15) is 11.1 Å². The summed E-state index contributed by atoms with van der Waals surface area (Å²) < 4.78 is 0. The molecule has 2 aromatic carbocycles. The van der Waals surface area contributed by atoms with Crippen LogP contribution in [0.2, 0.25) is 10.0 Å². The Kier molecular flexibility index (Phi) is 9.09. The molecule has 0 saturated carbocycles. The maximum absolute atomic E-state index is 11.3. The number of rotatable bonds is 2. The van der Waals surface area contributed by atoms with Gasteiger partial charge >= 0.3 is 12.1 Å². The minimum absolute atomic E-state index is 0.162. The van der Waals surface area contributed by atoms with Gasteiger partial charge in [0.15, 0.2) is 0 Å². The molecule has 0 spiro atoms. The van der Waals surface area contributed by atoms with E-state index < -0.39 is 0 Å². The first kappa shape index (κ1) is 23.6. The van der Waals surface area contributed by atoms with E-state index in [4.69, 9.17) is 23.2 Å². The van der Waals surface area contributed by atoms with E-state index in [1.807, 2.05) is 38.1 Å². The lowest BCUT2D eigenvalue weighted by atomic mass is 10.2. The molecular weight excluding hydrogens is 399 g/mol. The van der Waals surface area contributed by atoms with Crippen molar-refractivity contribution in [2.75, 3.05) is 38.8 Å². The first-order chi connectivity index (χ1) is 13.0. The molecular formula is C20H26Cl2N4O2. The number of nitrogens with one attached hydrogen (secondary N) is 2. The molecule has 0 heterocycles. The van der Waals surface area contributed by atoms with Crippen molar-refractivity contribution in [1.29, 1.82) is 0 Å². The summed E-state index contributed by atoms with van der Waals surface area (Å²) in [5.41, 5.74) is 3.41. The third-order valence-corrected chi connectivity index (χ3v) is 4.47. The highest BCUT2D eigenvalue weighted by Crippen LogP contribution is 2.20. The van der Waals surface area contributed by atoms with Crippen molar-refractivity contribution in [2.45, 2.75) is 13.8 Å². The van der Waals surface area contributed by atoms with Gasteiger partial charge in [0.05, 0.1) is 0 Å². The first-order valence-electron chi connectivity index (χ1n) is 8.50. The normalized spacial score (nSPS) is 9.71. The second-order valence-electron chi connectivity index (χ2n) is 6.58. The topological polar surface area (TPSA) is 64.7 Å². The molecule has 0 aliphatic carbocycles. The van der Waals surface area contributed by atoms with E-state index in [2.05, 4.69) is 10.6 Å². The Morgan fingerprint density at radius 2 is 1.04 bits per heavy atom. The van der Waals surface area contributed by atoms with E-state index in [9.17, 15) is 9.59 Å². The van der Waals surface area contributed by atoms with E-state index >= 15 is 0 Å². The maximum Gasteiger partial charge on any atom is 0.321 e. The molecule has 0 radical (unpaired) electrons. The summed E-state index contributed by atoms with van der Waals surface area (Å²) in [7, 11) is 6.74. The lowest BCUT2D eigenvalue weighted by molar-refractivity contribution is 0.230. The van der Waals surface area contributed by atoms with Gasteiger partial charge in [-0.1, -0.05) is 35.3 Å². The second kappa shape index (κ2) is 10.8. The monoisotopic (exact) mass is 424 g/mol. The summed E-state index contributed by atoms with van der Waals surface area (Å²) in [4.78, 5) is 25.5. The van der Waals surface area contributed by atoms with E-state index in [-0.39, 0.29) is 12.1 Å². The van der Waals surface area contributed by atoms with Gasteiger partial charge in [0.2, 0.25) is 0 Å². The zero-order chi connectivity index (χ0) is 21.4. The lowest BCUT2D eigenvalue weighted by Crippen LogP contribution is -2.27. The van der Waals surface area contributed by atoms with E-state index in [0.717, 1.165) is 11.1 Å². The van der Waals surface area contributed by atoms with Crippen molar-refractivity contribution in [1.82, 2.24) is 9.80 Å². The number of benzene rings is 2. The predicted molar refractivity (Wildman–Crippen MR) is 118 cm³/mol. The molecule has 4 amide bonds. The lowest BCUT2D eigenvalue weighted by Gasteiger charge is -2.12. The number of hydrogen-bond acceptors (Lipinski definition) is 2. The highest BCUT2D eigenvalue weighted by molar-refractivity contribution is 6.32. The van der Waals surface area contributed by atoms with Gasteiger partial charge in [-0.2, -0.15) is 0 Å². The van der Waals surface area contributed by atoms with Crippen molar-refractivity contribution in [3.63, 3.8) is 0 Å². The van der Waals surface area contributed by atoms with Crippen molar-refractivity contribution < 1.29 is 9.59 Å². The van der Waals surface area contributed by atoms with Crippen LogP contribution >= 0.6 is 23.2 Å². The van der Waals surface area contributed by atoms with Crippen molar-refractivity contribution >= 4 is 46.6 Å².